The van der Waals surface area contributed by atoms with Crippen LogP contribution in [0.25, 0.3) is 0 Å². The Kier molecular flexibility index (Phi) is 5.27. The molecule has 2 aliphatic rings. The first-order chi connectivity index (χ1) is 9.06. The number of ether oxygens (including phenoxy) is 1. The molecule has 0 radical (unpaired) electrons. The molecular weight excluding hydrogens is 236 g/mol. The molecule has 0 aromatic heterocycles. The van der Waals surface area contributed by atoms with Crippen LogP contribution in [0.3, 0.4) is 0 Å². The molecule has 3 nitrogen and oxygen atoms in total. The minimum absolute atomic E-state index is 0.263. The summed E-state index contributed by atoms with van der Waals surface area (Å²) in [6, 6.07) is 0.779. The number of hydrogen-bond acceptors (Lipinski definition) is 3. The topological polar surface area (TPSA) is 38.5 Å². The first-order valence-electron chi connectivity index (χ1n) is 8.12. The van der Waals surface area contributed by atoms with Crippen LogP contribution in [0, 0.1) is 11.3 Å². The average Bonchev–Trinajstić information content (AvgIpc) is 2.47. The molecule has 2 rings (SSSR count). The third-order valence-corrected chi connectivity index (χ3v) is 5.66. The molecule has 1 saturated heterocycles. The van der Waals surface area contributed by atoms with Crippen molar-refractivity contribution in [1.29, 1.82) is 0 Å². The van der Waals surface area contributed by atoms with E-state index in [0.717, 1.165) is 31.7 Å². The third-order valence-electron chi connectivity index (χ3n) is 5.66. The zero-order chi connectivity index (χ0) is 13.9. The highest BCUT2D eigenvalue weighted by Crippen LogP contribution is 2.41. The lowest BCUT2D eigenvalue weighted by Gasteiger charge is -2.44. The van der Waals surface area contributed by atoms with Crippen molar-refractivity contribution in [1.82, 2.24) is 4.90 Å². The molecule has 1 heterocycles. The second-order valence-electron chi connectivity index (χ2n) is 7.07. The highest BCUT2D eigenvalue weighted by molar-refractivity contribution is 4.87. The summed E-state index contributed by atoms with van der Waals surface area (Å²) in [6.07, 6.45) is 7.09. The summed E-state index contributed by atoms with van der Waals surface area (Å²) in [5, 5.41) is 0. The van der Waals surface area contributed by atoms with Gasteiger partial charge >= 0.3 is 0 Å². The van der Waals surface area contributed by atoms with E-state index in [2.05, 4.69) is 25.7 Å². The minimum atomic E-state index is 0.263. The summed E-state index contributed by atoms with van der Waals surface area (Å²) in [5.74, 6) is 0.917. The molecule has 2 fully saturated rings. The fourth-order valence-electron chi connectivity index (χ4n) is 3.73. The van der Waals surface area contributed by atoms with Gasteiger partial charge in [-0.2, -0.15) is 0 Å². The van der Waals surface area contributed by atoms with Gasteiger partial charge < -0.3 is 10.5 Å². The molecule has 0 amide bonds. The molecule has 0 spiro atoms. The second-order valence-corrected chi connectivity index (χ2v) is 7.07. The Morgan fingerprint density at radius 2 is 1.89 bits per heavy atom. The van der Waals surface area contributed by atoms with E-state index in [-0.39, 0.29) is 6.10 Å². The van der Waals surface area contributed by atoms with Gasteiger partial charge in [0.1, 0.15) is 0 Å². The van der Waals surface area contributed by atoms with E-state index >= 15 is 0 Å². The Labute approximate surface area is 118 Å². The lowest BCUT2D eigenvalue weighted by atomic mass is 9.68. The highest BCUT2D eigenvalue weighted by Gasteiger charge is 2.34. The molecule has 1 saturated carbocycles. The van der Waals surface area contributed by atoms with Gasteiger partial charge in [0.05, 0.1) is 12.7 Å². The third kappa shape index (κ3) is 3.71. The quantitative estimate of drug-likeness (QED) is 0.852. The van der Waals surface area contributed by atoms with Crippen molar-refractivity contribution in [2.24, 2.45) is 17.1 Å². The van der Waals surface area contributed by atoms with Crippen LogP contribution in [-0.2, 0) is 4.74 Å². The van der Waals surface area contributed by atoms with Crippen molar-refractivity contribution in [3.63, 3.8) is 0 Å². The summed E-state index contributed by atoms with van der Waals surface area (Å²) in [4.78, 5) is 2.64. The van der Waals surface area contributed by atoms with Gasteiger partial charge in [-0.25, -0.2) is 0 Å². The van der Waals surface area contributed by atoms with Crippen molar-refractivity contribution in [3.8, 4) is 0 Å². The molecule has 0 aromatic rings. The lowest BCUT2D eigenvalue weighted by molar-refractivity contribution is -0.0486. The predicted octanol–water partition coefficient (Wildman–Crippen LogP) is 2.64. The molecule has 1 aliphatic heterocycles. The highest BCUT2D eigenvalue weighted by atomic mass is 16.5. The van der Waals surface area contributed by atoms with E-state index in [1.807, 2.05) is 0 Å². The van der Waals surface area contributed by atoms with Gasteiger partial charge in [-0.1, -0.05) is 27.2 Å². The second kappa shape index (κ2) is 6.55. The number of nitrogens with zero attached hydrogens (tertiary/aromatic N) is 1. The molecule has 1 unspecified atom stereocenters. The number of nitrogens with two attached hydrogens (primary N) is 1. The Morgan fingerprint density at radius 1 is 1.21 bits per heavy atom. The fraction of sp³-hybridized carbons (Fsp3) is 1.00. The molecule has 19 heavy (non-hydrogen) atoms. The summed E-state index contributed by atoms with van der Waals surface area (Å²) in [7, 11) is 0. The average molecular weight is 268 g/mol. The predicted molar refractivity (Wildman–Crippen MR) is 80.2 cm³/mol. The van der Waals surface area contributed by atoms with Crippen LogP contribution in [0.4, 0.5) is 0 Å². The maximum absolute atomic E-state index is 5.74. The van der Waals surface area contributed by atoms with Gasteiger partial charge in [0.15, 0.2) is 0 Å². The Hall–Kier alpha value is -0.120. The standard InChI is InChI=1S/C16H32N2O/c1-4-16(2,3)13-5-7-14(8-6-13)18-9-10-19-15(11-17)12-18/h13-15H,4-12,17H2,1-3H3. The number of morpholine rings is 1. The van der Waals surface area contributed by atoms with Crippen molar-refractivity contribution in [3.05, 3.63) is 0 Å². The van der Waals surface area contributed by atoms with Gasteiger partial charge in [0, 0.05) is 25.7 Å². The first-order valence-corrected chi connectivity index (χ1v) is 8.12. The van der Waals surface area contributed by atoms with Crippen LogP contribution in [0.15, 0.2) is 0 Å². The van der Waals surface area contributed by atoms with Crippen LogP contribution < -0.4 is 5.73 Å². The van der Waals surface area contributed by atoms with Gasteiger partial charge in [0.2, 0.25) is 0 Å². The summed E-state index contributed by atoms with van der Waals surface area (Å²) in [6.45, 7) is 10.9. The van der Waals surface area contributed by atoms with E-state index in [4.69, 9.17) is 10.5 Å². The zero-order valence-electron chi connectivity index (χ0n) is 13.0. The van der Waals surface area contributed by atoms with E-state index in [9.17, 15) is 0 Å². The largest absolute Gasteiger partial charge is 0.374 e. The van der Waals surface area contributed by atoms with E-state index in [1.165, 1.54) is 32.1 Å². The van der Waals surface area contributed by atoms with Crippen molar-refractivity contribution < 1.29 is 4.74 Å². The van der Waals surface area contributed by atoms with Crippen LogP contribution in [-0.4, -0.2) is 43.3 Å². The van der Waals surface area contributed by atoms with Crippen LogP contribution >= 0.6 is 0 Å². The van der Waals surface area contributed by atoms with Crippen LogP contribution in [0.1, 0.15) is 52.9 Å². The van der Waals surface area contributed by atoms with E-state index < -0.39 is 0 Å². The normalized spacial score (nSPS) is 34.4. The van der Waals surface area contributed by atoms with Gasteiger partial charge in [-0.15, -0.1) is 0 Å². The SMILES string of the molecule is CCC(C)(C)C1CCC(N2CCOC(CN)C2)CC1. The Balaban J connectivity index is 1.83. The summed E-state index contributed by atoms with van der Waals surface area (Å²) in [5.41, 5.74) is 6.26. The van der Waals surface area contributed by atoms with Crippen LogP contribution in [0.2, 0.25) is 0 Å². The summed E-state index contributed by atoms with van der Waals surface area (Å²) >= 11 is 0. The minimum Gasteiger partial charge on any atom is -0.374 e. The molecular formula is C16H32N2O. The van der Waals surface area contributed by atoms with Gasteiger partial charge in [0.25, 0.3) is 0 Å². The maximum atomic E-state index is 5.74. The molecule has 112 valence electrons. The molecule has 0 bridgehead atoms. The maximum Gasteiger partial charge on any atom is 0.0824 e. The number of hydrogen-bond donors (Lipinski definition) is 1. The summed E-state index contributed by atoms with van der Waals surface area (Å²) < 4.78 is 5.67. The molecule has 1 aliphatic carbocycles. The van der Waals surface area contributed by atoms with E-state index in [1.54, 1.807) is 0 Å². The van der Waals surface area contributed by atoms with Crippen molar-refractivity contribution in [2.45, 2.75) is 65.0 Å². The lowest BCUT2D eigenvalue weighted by Crippen LogP contribution is -2.51. The Morgan fingerprint density at radius 3 is 2.47 bits per heavy atom. The smallest absolute Gasteiger partial charge is 0.0824 e. The van der Waals surface area contributed by atoms with Crippen molar-refractivity contribution in [2.75, 3.05) is 26.2 Å². The molecule has 3 heteroatoms. The van der Waals surface area contributed by atoms with Crippen molar-refractivity contribution >= 4 is 0 Å². The monoisotopic (exact) mass is 268 g/mol. The molecule has 0 aromatic carbocycles. The first kappa shape index (κ1) is 15.3. The molecule has 1 atom stereocenters. The fourth-order valence-corrected chi connectivity index (χ4v) is 3.73. The van der Waals surface area contributed by atoms with Gasteiger partial charge in [-0.05, 0) is 37.0 Å². The van der Waals surface area contributed by atoms with Gasteiger partial charge in [-0.3, -0.25) is 4.90 Å². The van der Waals surface area contributed by atoms with Crippen LogP contribution in [0.5, 0.6) is 0 Å². The number of rotatable bonds is 4. The molecule has 2 N–H and O–H groups in total. The van der Waals surface area contributed by atoms with E-state index in [0.29, 0.717) is 12.0 Å². The Bertz CT molecular complexity index is 272. The zero-order valence-corrected chi connectivity index (χ0v) is 13.0.